The van der Waals surface area contributed by atoms with Crippen molar-refractivity contribution in [2.24, 2.45) is 0 Å². The lowest BCUT2D eigenvalue weighted by molar-refractivity contribution is 0.300. The van der Waals surface area contributed by atoms with Crippen LogP contribution in [0, 0.1) is 0 Å². The summed E-state index contributed by atoms with van der Waals surface area (Å²) in [6, 6.07) is 21.9. The Morgan fingerprint density at radius 1 is 1.00 bits per heavy atom. The number of rotatable bonds is 8. The fraction of sp³-hybridized carbons (Fsp3) is 0.217. The van der Waals surface area contributed by atoms with Gasteiger partial charge in [-0.1, -0.05) is 49.4 Å². The van der Waals surface area contributed by atoms with Gasteiger partial charge in [-0.3, -0.25) is 0 Å². The topological polar surface area (TPSA) is 60.7 Å². The highest BCUT2D eigenvalue weighted by Gasteiger charge is 2.17. The lowest BCUT2D eigenvalue weighted by atomic mass is 10.2. The first-order valence-corrected chi connectivity index (χ1v) is 9.73. The maximum atomic E-state index is 6.04. The quantitative estimate of drug-likeness (QED) is 0.470. The van der Waals surface area contributed by atoms with E-state index in [1.54, 1.807) is 11.6 Å². The zero-order valence-electron chi connectivity index (χ0n) is 16.6. The number of benzene rings is 2. The van der Waals surface area contributed by atoms with Gasteiger partial charge in [0.25, 0.3) is 0 Å². The number of anilines is 1. The van der Waals surface area contributed by atoms with Gasteiger partial charge in [0.05, 0.1) is 13.7 Å². The van der Waals surface area contributed by atoms with Crippen molar-refractivity contribution in [1.29, 1.82) is 0 Å². The van der Waals surface area contributed by atoms with Gasteiger partial charge >= 0.3 is 0 Å². The van der Waals surface area contributed by atoms with Gasteiger partial charge in [0, 0.05) is 12.1 Å². The van der Waals surface area contributed by atoms with Crippen LogP contribution in [0.3, 0.4) is 0 Å². The minimum atomic E-state index is 0.608. The van der Waals surface area contributed by atoms with E-state index in [2.05, 4.69) is 18.3 Å². The molecular weight excluding hydrogens is 364 g/mol. The van der Waals surface area contributed by atoms with Crippen molar-refractivity contribution in [1.82, 2.24) is 14.6 Å². The van der Waals surface area contributed by atoms with E-state index in [9.17, 15) is 0 Å². The molecule has 148 valence electrons. The number of imidazole rings is 1. The van der Waals surface area contributed by atoms with Crippen LogP contribution in [0.15, 0.2) is 66.7 Å². The van der Waals surface area contributed by atoms with E-state index in [4.69, 9.17) is 19.6 Å². The smallest absolute Gasteiger partial charge is 0.243 e. The van der Waals surface area contributed by atoms with Crippen LogP contribution in [0.25, 0.3) is 16.9 Å². The van der Waals surface area contributed by atoms with Gasteiger partial charge in [-0.05, 0) is 36.2 Å². The number of nitrogens with zero attached hydrogens (tertiary/aromatic N) is 3. The zero-order valence-corrected chi connectivity index (χ0v) is 16.6. The molecular formula is C23H24N4O2. The van der Waals surface area contributed by atoms with Crippen LogP contribution in [0.2, 0.25) is 0 Å². The van der Waals surface area contributed by atoms with Crippen molar-refractivity contribution in [3.63, 3.8) is 0 Å². The van der Waals surface area contributed by atoms with Crippen LogP contribution in [-0.4, -0.2) is 28.3 Å². The van der Waals surface area contributed by atoms with Gasteiger partial charge in [0.1, 0.15) is 17.3 Å². The minimum absolute atomic E-state index is 0.608. The summed E-state index contributed by atoms with van der Waals surface area (Å²) in [5, 5.41) is 8.08. The Labute approximate surface area is 170 Å². The molecule has 0 unspecified atom stereocenters. The molecule has 0 bridgehead atoms. The summed E-state index contributed by atoms with van der Waals surface area (Å²) in [6.45, 7) is 3.33. The van der Waals surface area contributed by atoms with Gasteiger partial charge in [-0.25, -0.2) is 4.98 Å². The van der Waals surface area contributed by atoms with Crippen LogP contribution in [0.1, 0.15) is 18.9 Å². The van der Waals surface area contributed by atoms with E-state index in [0.29, 0.717) is 19.0 Å². The highest BCUT2D eigenvalue weighted by atomic mass is 16.5. The maximum Gasteiger partial charge on any atom is 0.243 e. The molecule has 6 nitrogen and oxygen atoms in total. The predicted octanol–water partition coefficient (Wildman–Crippen LogP) is 4.81. The van der Waals surface area contributed by atoms with Crippen LogP contribution in [0.5, 0.6) is 11.6 Å². The van der Waals surface area contributed by atoms with Crippen molar-refractivity contribution < 1.29 is 9.47 Å². The zero-order chi connectivity index (χ0) is 20.1. The molecule has 4 aromatic rings. The summed E-state index contributed by atoms with van der Waals surface area (Å²) in [4.78, 5) is 4.75. The maximum absolute atomic E-state index is 6.04. The van der Waals surface area contributed by atoms with E-state index >= 15 is 0 Å². The summed E-state index contributed by atoms with van der Waals surface area (Å²) in [5.74, 6) is 2.25. The molecule has 2 heterocycles. The van der Waals surface area contributed by atoms with E-state index in [0.717, 1.165) is 40.5 Å². The van der Waals surface area contributed by atoms with Crippen LogP contribution < -0.4 is 14.8 Å². The van der Waals surface area contributed by atoms with Crippen LogP contribution in [0.4, 0.5) is 5.82 Å². The van der Waals surface area contributed by atoms with Gasteiger partial charge in [-0.2, -0.15) is 4.52 Å². The molecule has 1 N–H and O–H groups in total. The Morgan fingerprint density at radius 3 is 2.66 bits per heavy atom. The average molecular weight is 388 g/mol. The third kappa shape index (κ3) is 4.16. The number of ether oxygens (including phenoxy) is 2. The first-order valence-electron chi connectivity index (χ1n) is 9.73. The molecule has 0 aliphatic rings. The Balaban J connectivity index is 1.65. The van der Waals surface area contributed by atoms with E-state index in [1.165, 1.54) is 0 Å². The molecule has 6 heteroatoms. The summed E-state index contributed by atoms with van der Waals surface area (Å²) in [7, 11) is 1.67. The molecule has 0 radical (unpaired) electrons. The van der Waals surface area contributed by atoms with Crippen molar-refractivity contribution in [2.45, 2.75) is 19.9 Å². The van der Waals surface area contributed by atoms with Crippen molar-refractivity contribution in [3.05, 3.63) is 72.3 Å². The predicted molar refractivity (Wildman–Crippen MR) is 115 cm³/mol. The lowest BCUT2D eigenvalue weighted by Crippen LogP contribution is -2.06. The monoisotopic (exact) mass is 388 g/mol. The van der Waals surface area contributed by atoms with E-state index in [1.807, 2.05) is 60.7 Å². The van der Waals surface area contributed by atoms with Gasteiger partial charge in [-0.15, -0.1) is 5.10 Å². The fourth-order valence-electron chi connectivity index (χ4n) is 3.09. The highest BCUT2D eigenvalue weighted by molar-refractivity contribution is 5.69. The molecule has 0 atom stereocenters. The number of hydrogen-bond donors (Lipinski definition) is 1. The van der Waals surface area contributed by atoms with E-state index in [-0.39, 0.29) is 0 Å². The normalized spacial score (nSPS) is 10.8. The van der Waals surface area contributed by atoms with Gasteiger partial charge in [0.2, 0.25) is 5.88 Å². The van der Waals surface area contributed by atoms with Crippen molar-refractivity contribution >= 4 is 11.5 Å². The molecule has 0 spiro atoms. The second-order valence-electron chi connectivity index (χ2n) is 6.67. The average Bonchev–Trinajstić information content (AvgIpc) is 3.14. The standard InChI is InChI=1S/C23H24N4O2/c1-3-14-29-23-22(18-9-5-4-6-10-18)25-21-13-12-20(26-27(21)23)24-16-17-8-7-11-19(15-17)28-2/h4-13,15H,3,14,16H2,1-2H3,(H,24,26). The third-order valence-corrected chi connectivity index (χ3v) is 4.53. The Bertz CT molecular complexity index is 1090. The summed E-state index contributed by atoms with van der Waals surface area (Å²) in [6.07, 6.45) is 0.912. The summed E-state index contributed by atoms with van der Waals surface area (Å²) >= 11 is 0. The number of aromatic nitrogens is 3. The van der Waals surface area contributed by atoms with E-state index < -0.39 is 0 Å². The molecule has 29 heavy (non-hydrogen) atoms. The minimum Gasteiger partial charge on any atom is -0.497 e. The SMILES string of the molecule is CCCOc1c(-c2ccccc2)nc2ccc(NCc3cccc(OC)c3)nn12. The molecule has 0 aliphatic carbocycles. The number of hydrogen-bond acceptors (Lipinski definition) is 5. The molecule has 0 saturated carbocycles. The Kier molecular flexibility index (Phi) is 5.61. The highest BCUT2D eigenvalue weighted by Crippen LogP contribution is 2.30. The number of fused-ring (bicyclic) bond motifs is 1. The second kappa shape index (κ2) is 8.65. The van der Waals surface area contributed by atoms with Gasteiger partial charge < -0.3 is 14.8 Å². The Morgan fingerprint density at radius 2 is 1.86 bits per heavy atom. The van der Waals surface area contributed by atoms with Gasteiger partial charge in [0.15, 0.2) is 5.65 Å². The molecule has 0 saturated heterocycles. The van der Waals surface area contributed by atoms with Crippen LogP contribution >= 0.6 is 0 Å². The first kappa shape index (κ1) is 18.8. The molecule has 2 aromatic carbocycles. The number of methoxy groups -OCH3 is 1. The van der Waals surface area contributed by atoms with Crippen molar-refractivity contribution in [3.8, 4) is 22.9 Å². The molecule has 0 aliphatic heterocycles. The first-order chi connectivity index (χ1) is 14.3. The largest absolute Gasteiger partial charge is 0.497 e. The number of nitrogens with one attached hydrogen (secondary N) is 1. The lowest BCUT2D eigenvalue weighted by Gasteiger charge is -2.09. The fourth-order valence-corrected chi connectivity index (χ4v) is 3.09. The summed E-state index contributed by atoms with van der Waals surface area (Å²) < 4.78 is 13.1. The van der Waals surface area contributed by atoms with Crippen molar-refractivity contribution in [2.75, 3.05) is 19.0 Å². The molecule has 0 fully saturated rings. The Hall–Kier alpha value is -3.54. The van der Waals surface area contributed by atoms with Crippen LogP contribution in [-0.2, 0) is 6.54 Å². The second-order valence-corrected chi connectivity index (χ2v) is 6.67. The molecule has 0 amide bonds. The third-order valence-electron chi connectivity index (χ3n) is 4.53. The summed E-state index contributed by atoms with van der Waals surface area (Å²) in [5.41, 5.74) is 3.68. The molecule has 4 rings (SSSR count). The molecule has 2 aromatic heterocycles.